The average molecular weight is 402 g/mol. The van der Waals surface area contributed by atoms with Gasteiger partial charge in [0.2, 0.25) is 5.82 Å². The van der Waals surface area contributed by atoms with Gasteiger partial charge in [-0.3, -0.25) is 30.6 Å². The van der Waals surface area contributed by atoms with Crippen LogP contribution in [-0.2, 0) is 11.3 Å². The van der Waals surface area contributed by atoms with E-state index in [1.807, 2.05) is 0 Å². The van der Waals surface area contributed by atoms with Crippen molar-refractivity contribution < 1.29 is 14.5 Å². The molecular weight excluding hydrogens is 390 g/mol. The molecule has 11 nitrogen and oxygen atoms in total. The monoisotopic (exact) mass is 401 g/mol. The molecule has 1 heterocycles. The number of nitrogens with zero attached hydrogens (tertiary/aromatic N) is 5. The smallest absolute Gasteiger partial charge is 0.269 e. The topological polar surface area (TPSA) is 145 Å². The highest BCUT2D eigenvalue weighted by molar-refractivity contribution is 6.30. The summed E-state index contributed by atoms with van der Waals surface area (Å²) in [5.41, 5.74) is 5.05. The first-order valence-corrected chi connectivity index (χ1v) is 8.17. The third kappa shape index (κ3) is 4.65. The van der Waals surface area contributed by atoms with Crippen LogP contribution < -0.4 is 10.9 Å². The van der Waals surface area contributed by atoms with E-state index in [9.17, 15) is 19.7 Å². The maximum absolute atomic E-state index is 11.9. The van der Waals surface area contributed by atoms with Crippen molar-refractivity contribution in [2.45, 2.75) is 6.54 Å². The molecule has 12 heteroatoms. The van der Waals surface area contributed by atoms with Crippen LogP contribution in [0.5, 0.6) is 0 Å². The van der Waals surface area contributed by atoms with Crippen LogP contribution in [0.3, 0.4) is 0 Å². The molecule has 0 radical (unpaired) electrons. The van der Waals surface area contributed by atoms with Gasteiger partial charge in [-0.15, -0.1) is 10.2 Å². The van der Waals surface area contributed by atoms with Crippen LogP contribution in [0.15, 0.2) is 48.5 Å². The fourth-order valence-corrected chi connectivity index (χ4v) is 2.34. The summed E-state index contributed by atoms with van der Waals surface area (Å²) in [5, 5.41) is 22.8. The second-order valence-corrected chi connectivity index (χ2v) is 5.90. The molecule has 0 bridgehead atoms. The van der Waals surface area contributed by atoms with Crippen molar-refractivity contribution in [1.29, 1.82) is 0 Å². The molecule has 0 aliphatic rings. The van der Waals surface area contributed by atoms with E-state index < -0.39 is 16.7 Å². The van der Waals surface area contributed by atoms with E-state index in [1.54, 1.807) is 24.3 Å². The van der Waals surface area contributed by atoms with Gasteiger partial charge in [0.25, 0.3) is 17.5 Å². The summed E-state index contributed by atoms with van der Waals surface area (Å²) >= 11 is 5.91. The highest BCUT2D eigenvalue weighted by Crippen LogP contribution is 2.18. The maximum Gasteiger partial charge on any atom is 0.269 e. The van der Waals surface area contributed by atoms with Crippen LogP contribution >= 0.6 is 11.6 Å². The highest BCUT2D eigenvalue weighted by atomic mass is 35.5. The molecular formula is C16H12ClN7O4. The molecule has 0 saturated heterocycles. The lowest BCUT2D eigenvalue weighted by atomic mass is 10.2. The number of nitro groups is 1. The van der Waals surface area contributed by atoms with Crippen LogP contribution in [0.4, 0.5) is 5.69 Å². The van der Waals surface area contributed by atoms with E-state index in [2.05, 4.69) is 26.3 Å². The Morgan fingerprint density at radius 1 is 1.14 bits per heavy atom. The third-order valence-corrected chi connectivity index (χ3v) is 3.71. The largest absolute Gasteiger partial charge is 0.271 e. The first-order valence-electron chi connectivity index (χ1n) is 7.80. The minimum Gasteiger partial charge on any atom is -0.271 e. The van der Waals surface area contributed by atoms with Gasteiger partial charge in [0, 0.05) is 28.3 Å². The summed E-state index contributed by atoms with van der Waals surface area (Å²) in [5.74, 6) is -0.926. The van der Waals surface area contributed by atoms with E-state index in [1.165, 1.54) is 24.3 Å². The molecule has 28 heavy (non-hydrogen) atoms. The lowest BCUT2D eigenvalue weighted by Crippen LogP contribution is -2.43. The van der Waals surface area contributed by atoms with E-state index in [-0.39, 0.29) is 17.8 Å². The maximum atomic E-state index is 11.9. The molecule has 0 fully saturated rings. The number of halogens is 1. The molecule has 0 unspecified atom stereocenters. The molecule has 0 spiro atoms. The van der Waals surface area contributed by atoms with Gasteiger partial charge < -0.3 is 0 Å². The molecule has 2 N–H and O–H groups in total. The van der Waals surface area contributed by atoms with Crippen molar-refractivity contribution in [3.8, 4) is 11.4 Å². The van der Waals surface area contributed by atoms with Crippen LogP contribution in [0.25, 0.3) is 11.4 Å². The van der Waals surface area contributed by atoms with Gasteiger partial charge in [-0.25, -0.2) is 0 Å². The van der Waals surface area contributed by atoms with Crippen molar-refractivity contribution >= 4 is 29.1 Å². The molecule has 3 rings (SSSR count). The summed E-state index contributed by atoms with van der Waals surface area (Å²) in [7, 11) is 0. The number of hydrazine groups is 1. The first kappa shape index (κ1) is 18.9. The van der Waals surface area contributed by atoms with Gasteiger partial charge in [-0.2, -0.15) is 4.80 Å². The number of hydrogen-bond acceptors (Lipinski definition) is 7. The summed E-state index contributed by atoms with van der Waals surface area (Å²) < 4.78 is 0. The molecule has 2 aromatic carbocycles. The van der Waals surface area contributed by atoms with Crippen LogP contribution in [0.1, 0.15) is 10.4 Å². The zero-order valence-corrected chi connectivity index (χ0v) is 14.8. The highest BCUT2D eigenvalue weighted by Gasteiger charge is 2.12. The van der Waals surface area contributed by atoms with Crippen LogP contribution in [0.2, 0.25) is 5.02 Å². The second-order valence-electron chi connectivity index (χ2n) is 5.46. The van der Waals surface area contributed by atoms with E-state index in [4.69, 9.17) is 11.6 Å². The fraction of sp³-hybridized carbons (Fsp3) is 0.0625. The molecule has 1 aromatic heterocycles. The number of carbonyl (C=O) groups is 2. The number of amides is 2. The van der Waals surface area contributed by atoms with Crippen LogP contribution in [-0.4, -0.2) is 36.9 Å². The Bertz CT molecular complexity index is 1040. The Balaban J connectivity index is 1.54. The summed E-state index contributed by atoms with van der Waals surface area (Å²) in [4.78, 5) is 35.0. The summed E-state index contributed by atoms with van der Waals surface area (Å²) in [6.07, 6.45) is 0. The molecule has 0 atom stereocenters. The second kappa shape index (κ2) is 8.22. The number of hydrogen-bond donors (Lipinski definition) is 2. The Labute approximate surface area is 162 Å². The molecule has 0 aliphatic carbocycles. The minimum absolute atomic E-state index is 0.145. The Hall–Kier alpha value is -3.86. The summed E-state index contributed by atoms with van der Waals surface area (Å²) in [6.45, 7) is -0.284. The number of aromatic nitrogens is 4. The number of nitro benzene ring substituents is 1. The minimum atomic E-state index is -0.630. The average Bonchev–Trinajstić information content (AvgIpc) is 3.14. The zero-order chi connectivity index (χ0) is 20.1. The lowest BCUT2D eigenvalue weighted by Gasteiger charge is -2.06. The standard InChI is InChI=1S/C16H12ClN7O4/c17-12-3-1-2-11(8-12)15-19-22-23(21-15)9-14(25)18-20-16(26)10-4-6-13(7-5-10)24(27)28/h1-8H,9H2,(H,18,25)(H,20,26). The quantitative estimate of drug-likeness (QED) is 0.485. The van der Waals surface area contributed by atoms with Gasteiger partial charge in [-0.1, -0.05) is 23.7 Å². The normalized spacial score (nSPS) is 10.3. The SMILES string of the molecule is O=C(Cn1nnc(-c2cccc(Cl)c2)n1)NNC(=O)c1ccc([N+](=O)[O-])cc1. The van der Waals surface area contributed by atoms with Crippen molar-refractivity contribution in [3.05, 3.63) is 69.2 Å². The molecule has 142 valence electrons. The number of tetrazole rings is 1. The third-order valence-electron chi connectivity index (χ3n) is 3.48. The number of nitrogens with one attached hydrogen (secondary N) is 2. The number of carbonyl (C=O) groups excluding carboxylic acids is 2. The first-order chi connectivity index (χ1) is 13.4. The van der Waals surface area contributed by atoms with E-state index in [0.717, 1.165) is 4.80 Å². The van der Waals surface area contributed by atoms with Crippen molar-refractivity contribution in [3.63, 3.8) is 0 Å². The van der Waals surface area contributed by atoms with Crippen molar-refractivity contribution in [2.24, 2.45) is 0 Å². The molecule has 3 aromatic rings. The fourth-order valence-electron chi connectivity index (χ4n) is 2.15. The zero-order valence-electron chi connectivity index (χ0n) is 14.1. The van der Waals surface area contributed by atoms with Gasteiger partial charge >= 0.3 is 0 Å². The van der Waals surface area contributed by atoms with Gasteiger partial charge in [0.1, 0.15) is 6.54 Å². The van der Waals surface area contributed by atoms with Crippen molar-refractivity contribution in [1.82, 2.24) is 31.1 Å². The molecule has 2 amide bonds. The number of rotatable bonds is 5. The molecule has 0 aliphatic heterocycles. The summed E-state index contributed by atoms with van der Waals surface area (Å²) in [6, 6.07) is 11.8. The number of non-ortho nitro benzene ring substituents is 1. The van der Waals surface area contributed by atoms with E-state index in [0.29, 0.717) is 16.4 Å². The van der Waals surface area contributed by atoms with Crippen molar-refractivity contribution in [2.75, 3.05) is 0 Å². The predicted molar refractivity (Wildman–Crippen MR) is 97.0 cm³/mol. The van der Waals surface area contributed by atoms with Crippen LogP contribution in [0, 0.1) is 10.1 Å². The Morgan fingerprint density at radius 3 is 2.57 bits per heavy atom. The van der Waals surface area contributed by atoms with E-state index >= 15 is 0 Å². The van der Waals surface area contributed by atoms with Gasteiger partial charge in [0.05, 0.1) is 4.92 Å². The predicted octanol–water partition coefficient (Wildman–Crippen LogP) is 1.36. The molecule has 0 saturated carbocycles. The number of benzene rings is 2. The Kier molecular flexibility index (Phi) is 5.56. The lowest BCUT2D eigenvalue weighted by molar-refractivity contribution is -0.384. The van der Waals surface area contributed by atoms with Gasteiger partial charge in [-0.05, 0) is 29.5 Å². The van der Waals surface area contributed by atoms with Gasteiger partial charge in [0.15, 0.2) is 0 Å². The Morgan fingerprint density at radius 2 is 1.89 bits per heavy atom.